The van der Waals surface area contributed by atoms with E-state index >= 15 is 0 Å². The van der Waals surface area contributed by atoms with Crippen LogP contribution in [0.4, 0.5) is 9.18 Å². The van der Waals surface area contributed by atoms with Crippen LogP contribution in [0, 0.1) is 5.82 Å². The summed E-state index contributed by atoms with van der Waals surface area (Å²) in [5, 5.41) is 5.19. The fourth-order valence-corrected chi connectivity index (χ4v) is 1.40. The standard InChI is InChI=1S/C12H17FN2O/c1-12(2,8-15-11(16)14-3)9-5-4-6-10(13)7-9/h4-7H,8H2,1-3H3,(H2,14,15,16). The maximum atomic E-state index is 13.1. The lowest BCUT2D eigenvalue weighted by atomic mass is 9.84. The van der Waals surface area contributed by atoms with Gasteiger partial charge in [-0.3, -0.25) is 0 Å². The molecule has 1 aromatic rings. The fourth-order valence-electron chi connectivity index (χ4n) is 1.40. The summed E-state index contributed by atoms with van der Waals surface area (Å²) >= 11 is 0. The molecular formula is C12H17FN2O. The summed E-state index contributed by atoms with van der Waals surface area (Å²) in [5.74, 6) is -0.259. The van der Waals surface area contributed by atoms with E-state index < -0.39 is 0 Å². The smallest absolute Gasteiger partial charge is 0.314 e. The Bertz CT molecular complexity index is 377. The summed E-state index contributed by atoms with van der Waals surface area (Å²) in [5.41, 5.74) is 0.568. The Morgan fingerprint density at radius 3 is 2.69 bits per heavy atom. The van der Waals surface area contributed by atoms with Crippen LogP contribution in [-0.4, -0.2) is 19.6 Å². The van der Waals surface area contributed by atoms with Crippen molar-refractivity contribution in [2.24, 2.45) is 0 Å². The molecule has 0 saturated carbocycles. The number of benzene rings is 1. The summed E-state index contributed by atoms with van der Waals surface area (Å²) in [6.45, 7) is 4.37. The zero-order valence-corrected chi connectivity index (χ0v) is 9.80. The first-order chi connectivity index (χ1) is 7.45. The number of amides is 2. The molecule has 16 heavy (non-hydrogen) atoms. The maximum Gasteiger partial charge on any atom is 0.314 e. The van der Waals surface area contributed by atoms with E-state index in [0.29, 0.717) is 6.54 Å². The number of carbonyl (C=O) groups excluding carboxylic acids is 1. The van der Waals surface area contributed by atoms with Gasteiger partial charge in [-0.1, -0.05) is 26.0 Å². The molecular weight excluding hydrogens is 207 g/mol. The quantitative estimate of drug-likeness (QED) is 0.810. The molecule has 4 heteroatoms. The molecule has 1 aromatic carbocycles. The van der Waals surface area contributed by atoms with Crippen molar-refractivity contribution in [3.8, 4) is 0 Å². The zero-order chi connectivity index (χ0) is 12.2. The van der Waals surface area contributed by atoms with E-state index in [1.54, 1.807) is 13.1 Å². The first-order valence-corrected chi connectivity index (χ1v) is 5.17. The lowest BCUT2D eigenvalue weighted by Gasteiger charge is -2.25. The van der Waals surface area contributed by atoms with Gasteiger partial charge in [0.2, 0.25) is 0 Å². The highest BCUT2D eigenvalue weighted by molar-refractivity contribution is 5.73. The van der Waals surface area contributed by atoms with E-state index in [9.17, 15) is 9.18 Å². The summed E-state index contributed by atoms with van der Waals surface area (Å²) < 4.78 is 13.1. The third-order valence-electron chi connectivity index (χ3n) is 2.52. The van der Waals surface area contributed by atoms with Crippen LogP contribution in [0.15, 0.2) is 24.3 Å². The van der Waals surface area contributed by atoms with Gasteiger partial charge in [0.15, 0.2) is 0 Å². The van der Waals surface area contributed by atoms with E-state index in [1.807, 2.05) is 19.9 Å². The fraction of sp³-hybridized carbons (Fsp3) is 0.417. The van der Waals surface area contributed by atoms with Crippen LogP contribution in [0.2, 0.25) is 0 Å². The van der Waals surface area contributed by atoms with Crippen LogP contribution >= 0.6 is 0 Å². The number of halogens is 1. The Morgan fingerprint density at radius 2 is 2.12 bits per heavy atom. The van der Waals surface area contributed by atoms with Crippen molar-refractivity contribution in [2.45, 2.75) is 19.3 Å². The summed E-state index contributed by atoms with van der Waals surface area (Å²) in [7, 11) is 1.56. The molecule has 0 spiro atoms. The Balaban J connectivity index is 2.73. The topological polar surface area (TPSA) is 41.1 Å². The van der Waals surface area contributed by atoms with Crippen LogP contribution in [0.3, 0.4) is 0 Å². The number of rotatable bonds is 3. The van der Waals surface area contributed by atoms with Crippen molar-refractivity contribution in [3.63, 3.8) is 0 Å². The number of urea groups is 1. The predicted molar refractivity (Wildman–Crippen MR) is 61.9 cm³/mol. The predicted octanol–water partition coefficient (Wildman–Crippen LogP) is 2.03. The van der Waals surface area contributed by atoms with Gasteiger partial charge in [-0.2, -0.15) is 0 Å². The Labute approximate surface area is 95.0 Å². The third-order valence-corrected chi connectivity index (χ3v) is 2.52. The molecule has 0 aliphatic rings. The van der Waals surface area contributed by atoms with Crippen LogP contribution < -0.4 is 10.6 Å². The molecule has 0 heterocycles. The van der Waals surface area contributed by atoms with Crippen LogP contribution in [-0.2, 0) is 5.41 Å². The molecule has 0 aliphatic heterocycles. The lowest BCUT2D eigenvalue weighted by Crippen LogP contribution is -2.40. The third kappa shape index (κ3) is 3.22. The van der Waals surface area contributed by atoms with Crippen molar-refractivity contribution < 1.29 is 9.18 Å². The minimum absolute atomic E-state index is 0.232. The molecule has 3 nitrogen and oxygen atoms in total. The second-order valence-electron chi connectivity index (χ2n) is 4.33. The molecule has 2 N–H and O–H groups in total. The van der Waals surface area contributed by atoms with Crippen molar-refractivity contribution in [1.82, 2.24) is 10.6 Å². The van der Waals surface area contributed by atoms with Crippen LogP contribution in [0.25, 0.3) is 0 Å². The van der Waals surface area contributed by atoms with E-state index in [2.05, 4.69) is 10.6 Å². The first-order valence-electron chi connectivity index (χ1n) is 5.17. The Kier molecular flexibility index (Phi) is 3.88. The first kappa shape index (κ1) is 12.5. The van der Waals surface area contributed by atoms with Crippen molar-refractivity contribution in [1.29, 1.82) is 0 Å². The van der Waals surface area contributed by atoms with Gasteiger partial charge in [0, 0.05) is 19.0 Å². The molecule has 0 radical (unpaired) electrons. The highest BCUT2D eigenvalue weighted by atomic mass is 19.1. The summed E-state index contributed by atoms with van der Waals surface area (Å²) in [4.78, 5) is 11.1. The van der Waals surface area contributed by atoms with Gasteiger partial charge in [0.25, 0.3) is 0 Å². The molecule has 88 valence electrons. The van der Waals surface area contributed by atoms with Crippen LogP contribution in [0.5, 0.6) is 0 Å². The van der Waals surface area contributed by atoms with E-state index in [-0.39, 0.29) is 17.3 Å². The monoisotopic (exact) mass is 224 g/mol. The molecule has 0 saturated heterocycles. The molecule has 0 fully saturated rings. The molecule has 0 unspecified atom stereocenters. The normalized spacial score (nSPS) is 11.0. The van der Waals surface area contributed by atoms with Gasteiger partial charge in [-0.25, -0.2) is 9.18 Å². The lowest BCUT2D eigenvalue weighted by molar-refractivity contribution is 0.240. The van der Waals surface area contributed by atoms with Gasteiger partial charge >= 0.3 is 6.03 Å². The highest BCUT2D eigenvalue weighted by Crippen LogP contribution is 2.22. The largest absolute Gasteiger partial charge is 0.341 e. The van der Waals surface area contributed by atoms with E-state index in [4.69, 9.17) is 0 Å². The van der Waals surface area contributed by atoms with Crippen molar-refractivity contribution in [3.05, 3.63) is 35.6 Å². The average molecular weight is 224 g/mol. The second kappa shape index (κ2) is 4.96. The van der Waals surface area contributed by atoms with Gasteiger partial charge in [-0.05, 0) is 17.7 Å². The highest BCUT2D eigenvalue weighted by Gasteiger charge is 2.21. The maximum absolute atomic E-state index is 13.1. The summed E-state index contributed by atoms with van der Waals surface area (Å²) in [6, 6.07) is 6.20. The van der Waals surface area contributed by atoms with Gasteiger partial charge in [0.05, 0.1) is 0 Å². The number of carbonyl (C=O) groups is 1. The minimum atomic E-state index is -0.297. The zero-order valence-electron chi connectivity index (χ0n) is 9.80. The minimum Gasteiger partial charge on any atom is -0.341 e. The number of hydrogen-bond donors (Lipinski definition) is 2. The van der Waals surface area contributed by atoms with E-state index in [1.165, 1.54) is 12.1 Å². The summed E-state index contributed by atoms with van der Waals surface area (Å²) in [6.07, 6.45) is 0. The number of nitrogens with one attached hydrogen (secondary N) is 2. The molecule has 0 aliphatic carbocycles. The van der Waals surface area contributed by atoms with Gasteiger partial charge in [-0.15, -0.1) is 0 Å². The van der Waals surface area contributed by atoms with Gasteiger partial charge < -0.3 is 10.6 Å². The molecule has 0 atom stereocenters. The van der Waals surface area contributed by atoms with Gasteiger partial charge in [0.1, 0.15) is 5.82 Å². The molecule has 0 bridgehead atoms. The van der Waals surface area contributed by atoms with Crippen molar-refractivity contribution >= 4 is 6.03 Å². The molecule has 0 aromatic heterocycles. The Hall–Kier alpha value is -1.58. The average Bonchev–Trinajstić information content (AvgIpc) is 2.26. The molecule has 1 rings (SSSR count). The Morgan fingerprint density at radius 1 is 1.44 bits per heavy atom. The van der Waals surface area contributed by atoms with E-state index in [0.717, 1.165) is 5.56 Å². The number of hydrogen-bond acceptors (Lipinski definition) is 1. The van der Waals surface area contributed by atoms with Crippen molar-refractivity contribution in [2.75, 3.05) is 13.6 Å². The van der Waals surface area contributed by atoms with Crippen LogP contribution in [0.1, 0.15) is 19.4 Å². The second-order valence-corrected chi connectivity index (χ2v) is 4.33. The molecule has 2 amide bonds. The SMILES string of the molecule is CNC(=O)NCC(C)(C)c1cccc(F)c1.